The Bertz CT molecular complexity index is 564. The molecular formula is C11H12N4OS. The molecule has 17 heavy (non-hydrogen) atoms. The summed E-state index contributed by atoms with van der Waals surface area (Å²) >= 11 is 1.33. The van der Waals surface area contributed by atoms with Crippen LogP contribution in [0, 0.1) is 19.3 Å². The van der Waals surface area contributed by atoms with E-state index < -0.39 is 0 Å². The Morgan fingerprint density at radius 3 is 2.71 bits per heavy atom. The van der Waals surface area contributed by atoms with E-state index >= 15 is 0 Å². The summed E-state index contributed by atoms with van der Waals surface area (Å²) in [5.41, 5.74) is 7.26. The Kier molecular flexibility index (Phi) is 3.14. The van der Waals surface area contributed by atoms with Gasteiger partial charge in [-0.25, -0.2) is 0 Å². The molecule has 5 nitrogen and oxygen atoms in total. The van der Waals surface area contributed by atoms with E-state index in [-0.39, 0.29) is 5.84 Å². The van der Waals surface area contributed by atoms with Crippen molar-refractivity contribution < 1.29 is 4.42 Å². The first-order valence-corrected chi connectivity index (χ1v) is 5.81. The molecular weight excluding hydrogens is 236 g/mol. The first-order valence-electron chi connectivity index (χ1n) is 5.00. The van der Waals surface area contributed by atoms with Crippen molar-refractivity contribution in [3.8, 4) is 0 Å². The van der Waals surface area contributed by atoms with Gasteiger partial charge in [-0.1, -0.05) is 18.2 Å². The lowest BCUT2D eigenvalue weighted by Gasteiger charge is -2.08. The van der Waals surface area contributed by atoms with E-state index in [9.17, 15) is 0 Å². The monoisotopic (exact) mass is 248 g/mol. The quantitative estimate of drug-likeness (QED) is 0.641. The number of nitrogens with two attached hydrogens (primary N) is 1. The molecule has 1 aromatic carbocycles. The van der Waals surface area contributed by atoms with Crippen LogP contribution in [0.25, 0.3) is 0 Å². The molecule has 0 aliphatic carbocycles. The normalized spacial score (nSPS) is 10.5. The Balaban J connectivity index is 2.40. The second-order valence-electron chi connectivity index (χ2n) is 3.55. The number of rotatable bonds is 3. The first kappa shape index (κ1) is 11.7. The van der Waals surface area contributed by atoms with Gasteiger partial charge in [-0.2, -0.15) is 0 Å². The topological polar surface area (TPSA) is 88.8 Å². The van der Waals surface area contributed by atoms with Gasteiger partial charge < -0.3 is 10.2 Å². The van der Waals surface area contributed by atoms with Crippen LogP contribution in [0.2, 0.25) is 0 Å². The Morgan fingerprint density at radius 1 is 1.35 bits per heavy atom. The van der Waals surface area contributed by atoms with Crippen LogP contribution in [0.5, 0.6) is 0 Å². The maximum Gasteiger partial charge on any atom is 0.281 e. The van der Waals surface area contributed by atoms with Crippen LogP contribution in [0.1, 0.15) is 17.0 Å². The largest absolute Gasteiger partial charge is 0.416 e. The summed E-state index contributed by atoms with van der Waals surface area (Å²) in [5.74, 6) is 0.554. The zero-order chi connectivity index (χ0) is 12.4. The molecule has 3 N–H and O–H groups in total. The molecule has 0 unspecified atom stereocenters. The lowest BCUT2D eigenvalue weighted by molar-refractivity contribution is 0.429. The van der Waals surface area contributed by atoms with E-state index in [1.54, 1.807) is 13.0 Å². The van der Waals surface area contributed by atoms with Gasteiger partial charge in [0, 0.05) is 17.4 Å². The number of hydrogen-bond donors (Lipinski definition) is 2. The molecule has 0 saturated heterocycles. The summed E-state index contributed by atoms with van der Waals surface area (Å²) in [6.45, 7) is 3.69. The van der Waals surface area contributed by atoms with Crippen LogP contribution in [-0.2, 0) is 0 Å². The average molecular weight is 248 g/mol. The van der Waals surface area contributed by atoms with Crippen molar-refractivity contribution in [3.05, 3.63) is 35.2 Å². The van der Waals surface area contributed by atoms with Gasteiger partial charge in [-0.15, -0.1) is 10.2 Å². The molecule has 0 atom stereocenters. The van der Waals surface area contributed by atoms with Crippen molar-refractivity contribution in [2.45, 2.75) is 24.0 Å². The van der Waals surface area contributed by atoms with Crippen LogP contribution in [-0.4, -0.2) is 16.0 Å². The van der Waals surface area contributed by atoms with Crippen LogP contribution >= 0.6 is 11.8 Å². The number of nitrogens with one attached hydrogen (secondary N) is 1. The molecule has 2 aromatic rings. The maximum atomic E-state index is 7.54. The van der Waals surface area contributed by atoms with Gasteiger partial charge in [0.2, 0.25) is 5.89 Å². The van der Waals surface area contributed by atoms with E-state index in [0.29, 0.717) is 16.7 Å². The molecule has 0 amide bonds. The minimum atomic E-state index is 0.0347. The molecule has 6 heteroatoms. The van der Waals surface area contributed by atoms with Gasteiger partial charge in [-0.05, 0) is 24.2 Å². The standard InChI is InChI=1S/C11H12N4OS/c1-6-4-3-5-8(10(12)13)9(6)17-11-15-14-7(2)16-11/h3-5H,1-2H3,(H3,12,13). The highest BCUT2D eigenvalue weighted by Gasteiger charge is 2.13. The number of nitrogen functional groups attached to an aromatic ring is 1. The van der Waals surface area contributed by atoms with Gasteiger partial charge >= 0.3 is 0 Å². The summed E-state index contributed by atoms with van der Waals surface area (Å²) in [6.07, 6.45) is 0. The summed E-state index contributed by atoms with van der Waals surface area (Å²) in [6, 6.07) is 5.63. The van der Waals surface area contributed by atoms with Crippen molar-refractivity contribution in [1.29, 1.82) is 5.41 Å². The summed E-state index contributed by atoms with van der Waals surface area (Å²) < 4.78 is 5.31. The SMILES string of the molecule is Cc1nnc(Sc2c(C)cccc2C(=N)N)o1. The molecule has 0 aliphatic rings. The van der Waals surface area contributed by atoms with E-state index in [0.717, 1.165) is 10.5 Å². The van der Waals surface area contributed by atoms with Crippen LogP contribution in [0.4, 0.5) is 0 Å². The number of aryl methyl sites for hydroxylation is 2. The molecule has 0 aliphatic heterocycles. The fraction of sp³-hybridized carbons (Fsp3) is 0.182. The number of benzene rings is 1. The maximum absolute atomic E-state index is 7.54. The predicted octanol–water partition coefficient (Wildman–Crippen LogP) is 2.12. The highest BCUT2D eigenvalue weighted by molar-refractivity contribution is 7.99. The molecule has 0 fully saturated rings. The third kappa shape index (κ3) is 2.47. The van der Waals surface area contributed by atoms with E-state index in [1.165, 1.54) is 11.8 Å². The first-order chi connectivity index (χ1) is 8.08. The van der Waals surface area contributed by atoms with Crippen LogP contribution in [0.15, 0.2) is 32.7 Å². The van der Waals surface area contributed by atoms with Gasteiger partial charge in [0.05, 0.1) is 0 Å². The number of aromatic nitrogens is 2. The van der Waals surface area contributed by atoms with Crippen molar-refractivity contribution in [2.75, 3.05) is 0 Å². The summed E-state index contributed by atoms with van der Waals surface area (Å²) in [4.78, 5) is 0.878. The number of hydrogen-bond acceptors (Lipinski definition) is 5. The van der Waals surface area contributed by atoms with E-state index in [2.05, 4.69) is 10.2 Å². The molecule has 1 heterocycles. The predicted molar refractivity (Wildman–Crippen MR) is 65.4 cm³/mol. The minimum Gasteiger partial charge on any atom is -0.416 e. The zero-order valence-electron chi connectivity index (χ0n) is 9.52. The Hall–Kier alpha value is -1.82. The van der Waals surface area contributed by atoms with Crippen molar-refractivity contribution in [2.24, 2.45) is 5.73 Å². The number of amidine groups is 1. The lowest BCUT2D eigenvalue weighted by Crippen LogP contribution is -2.12. The molecule has 88 valence electrons. The van der Waals surface area contributed by atoms with E-state index in [1.807, 2.05) is 19.1 Å². The van der Waals surface area contributed by atoms with Gasteiger partial charge in [0.25, 0.3) is 5.22 Å². The van der Waals surface area contributed by atoms with Crippen LogP contribution in [0.3, 0.4) is 0 Å². The fourth-order valence-corrected chi connectivity index (χ4v) is 2.34. The second-order valence-corrected chi connectivity index (χ2v) is 4.52. The van der Waals surface area contributed by atoms with Crippen molar-refractivity contribution in [1.82, 2.24) is 10.2 Å². The second kappa shape index (κ2) is 4.58. The molecule has 0 saturated carbocycles. The summed E-state index contributed by atoms with van der Waals surface area (Å²) in [7, 11) is 0. The fourth-order valence-electron chi connectivity index (χ4n) is 1.41. The van der Waals surface area contributed by atoms with Crippen molar-refractivity contribution in [3.63, 3.8) is 0 Å². The van der Waals surface area contributed by atoms with Gasteiger partial charge in [0.1, 0.15) is 5.84 Å². The molecule has 0 spiro atoms. The smallest absolute Gasteiger partial charge is 0.281 e. The molecule has 1 aromatic heterocycles. The Labute approximate surface area is 103 Å². The van der Waals surface area contributed by atoms with Gasteiger partial charge in [0.15, 0.2) is 0 Å². The lowest BCUT2D eigenvalue weighted by atomic mass is 10.1. The van der Waals surface area contributed by atoms with Crippen LogP contribution < -0.4 is 5.73 Å². The third-order valence-corrected chi connectivity index (χ3v) is 3.28. The molecule has 2 rings (SSSR count). The zero-order valence-corrected chi connectivity index (χ0v) is 10.3. The summed E-state index contributed by atoms with van der Waals surface area (Å²) in [5, 5.41) is 15.7. The molecule has 0 radical (unpaired) electrons. The highest BCUT2D eigenvalue weighted by Crippen LogP contribution is 2.32. The highest BCUT2D eigenvalue weighted by atomic mass is 32.2. The van der Waals surface area contributed by atoms with E-state index in [4.69, 9.17) is 15.6 Å². The number of nitrogens with zero attached hydrogens (tertiary/aromatic N) is 2. The molecule has 0 bridgehead atoms. The third-order valence-electron chi connectivity index (χ3n) is 2.20. The van der Waals surface area contributed by atoms with Gasteiger partial charge in [-0.3, -0.25) is 5.41 Å². The minimum absolute atomic E-state index is 0.0347. The van der Waals surface area contributed by atoms with Crippen molar-refractivity contribution >= 4 is 17.6 Å². The average Bonchev–Trinajstić information content (AvgIpc) is 2.67. The Morgan fingerprint density at radius 2 is 2.12 bits per heavy atom.